The van der Waals surface area contributed by atoms with Crippen LogP contribution in [0, 0.1) is 0 Å². The summed E-state index contributed by atoms with van der Waals surface area (Å²) in [6.45, 7) is 0. The van der Waals surface area contributed by atoms with E-state index in [1.165, 1.54) is 29.0 Å². The van der Waals surface area contributed by atoms with Crippen molar-refractivity contribution >= 4 is 16.6 Å². The molecule has 8 heteroatoms. The Labute approximate surface area is 169 Å². The van der Waals surface area contributed by atoms with E-state index in [2.05, 4.69) is 10.1 Å². The minimum Gasteiger partial charge on any atom is -0.296 e. The first-order valence-corrected chi connectivity index (χ1v) is 9.89. The zero-order valence-electron chi connectivity index (χ0n) is 16.3. The van der Waals surface area contributed by atoms with Crippen LogP contribution in [-0.4, -0.2) is 19.2 Å². The number of nitrogens with zero attached hydrogens (tertiary/aromatic N) is 4. The Morgan fingerprint density at radius 3 is 2.57 bits per heavy atom. The smallest absolute Gasteiger partial charge is 0.296 e. The summed E-state index contributed by atoms with van der Waals surface area (Å²) in [6, 6.07) is 9.95. The quantitative estimate of drug-likeness (QED) is 0.469. The molecule has 154 valence electrons. The lowest BCUT2D eigenvalue weighted by atomic mass is 9.97. The Morgan fingerprint density at radius 1 is 1.07 bits per heavy atom. The molecule has 0 aliphatic heterocycles. The van der Waals surface area contributed by atoms with E-state index in [-0.39, 0.29) is 5.56 Å². The Bertz CT molecular complexity index is 1330. The minimum absolute atomic E-state index is 0.160. The van der Waals surface area contributed by atoms with Crippen LogP contribution < -0.4 is 5.56 Å². The number of hydrogen-bond acceptors (Lipinski definition) is 3. The van der Waals surface area contributed by atoms with Crippen LogP contribution in [0.15, 0.2) is 47.4 Å². The van der Waals surface area contributed by atoms with E-state index in [0.717, 1.165) is 25.1 Å². The second kappa shape index (κ2) is 6.68. The molecule has 3 aromatic heterocycles. The van der Waals surface area contributed by atoms with E-state index < -0.39 is 11.9 Å². The topological polar surface area (TPSA) is 52.2 Å². The monoisotopic (exact) mass is 412 g/mol. The van der Waals surface area contributed by atoms with Crippen molar-refractivity contribution in [1.29, 1.82) is 0 Å². The average Bonchev–Trinajstić information content (AvgIpc) is 3.41. The molecule has 1 saturated carbocycles. The fourth-order valence-corrected chi connectivity index (χ4v) is 4.38. The van der Waals surface area contributed by atoms with Gasteiger partial charge in [0.1, 0.15) is 11.3 Å². The molecule has 0 bridgehead atoms. The number of halogens is 3. The van der Waals surface area contributed by atoms with Crippen LogP contribution in [0.2, 0.25) is 0 Å². The first kappa shape index (κ1) is 18.8. The van der Waals surface area contributed by atoms with Gasteiger partial charge in [-0.3, -0.25) is 14.3 Å². The summed E-state index contributed by atoms with van der Waals surface area (Å²) in [5, 5.41) is 5.10. The van der Waals surface area contributed by atoms with Crippen molar-refractivity contribution in [1.82, 2.24) is 19.2 Å². The highest BCUT2D eigenvalue weighted by Crippen LogP contribution is 2.35. The van der Waals surface area contributed by atoms with Crippen molar-refractivity contribution in [2.45, 2.75) is 37.8 Å². The van der Waals surface area contributed by atoms with Crippen LogP contribution in [0.4, 0.5) is 13.2 Å². The molecule has 0 atom stereocenters. The molecule has 4 aromatic rings. The Balaban J connectivity index is 1.73. The van der Waals surface area contributed by atoms with E-state index in [1.54, 1.807) is 17.6 Å². The number of aryl methyl sites for hydroxylation is 1. The predicted molar refractivity (Wildman–Crippen MR) is 107 cm³/mol. The Hall–Kier alpha value is -3.16. The lowest BCUT2D eigenvalue weighted by Crippen LogP contribution is -2.19. The van der Waals surface area contributed by atoms with E-state index >= 15 is 0 Å². The average molecular weight is 412 g/mol. The molecule has 0 spiro atoms. The van der Waals surface area contributed by atoms with Gasteiger partial charge in [0.15, 0.2) is 0 Å². The maximum atomic E-state index is 13.1. The lowest BCUT2D eigenvalue weighted by molar-refractivity contribution is -0.141. The standard InChI is InChI=1S/C22H19F3N4O/c1-28-20-12-17(15-8-9-26-19(11-15)22(23,24)25)27-29(20)18-10-14(13-4-2-3-5-13)6-7-16(18)21(28)30/h6-13H,2-5H2,1H3. The lowest BCUT2D eigenvalue weighted by Gasteiger charge is -2.12. The second-order valence-electron chi connectivity index (χ2n) is 7.85. The van der Waals surface area contributed by atoms with Gasteiger partial charge in [-0.2, -0.15) is 18.3 Å². The van der Waals surface area contributed by atoms with Gasteiger partial charge in [0.05, 0.1) is 16.6 Å². The van der Waals surface area contributed by atoms with Crippen molar-refractivity contribution < 1.29 is 13.2 Å². The Morgan fingerprint density at radius 2 is 1.83 bits per heavy atom. The van der Waals surface area contributed by atoms with Gasteiger partial charge in [0.25, 0.3) is 5.56 Å². The molecule has 1 aliphatic carbocycles. The van der Waals surface area contributed by atoms with Crippen LogP contribution in [0.1, 0.15) is 42.9 Å². The second-order valence-corrected chi connectivity index (χ2v) is 7.85. The van der Waals surface area contributed by atoms with Gasteiger partial charge in [-0.1, -0.05) is 18.9 Å². The number of hydrogen-bond donors (Lipinski definition) is 0. The van der Waals surface area contributed by atoms with E-state index in [4.69, 9.17) is 0 Å². The van der Waals surface area contributed by atoms with Gasteiger partial charge < -0.3 is 0 Å². The van der Waals surface area contributed by atoms with Crippen molar-refractivity contribution in [2.24, 2.45) is 7.05 Å². The van der Waals surface area contributed by atoms with Crippen molar-refractivity contribution in [2.75, 3.05) is 0 Å². The van der Waals surface area contributed by atoms with Crippen LogP contribution >= 0.6 is 0 Å². The molecule has 0 amide bonds. The number of aromatic nitrogens is 4. The van der Waals surface area contributed by atoms with E-state index in [1.807, 2.05) is 18.2 Å². The van der Waals surface area contributed by atoms with Crippen molar-refractivity contribution in [3.05, 3.63) is 64.2 Å². The molecule has 30 heavy (non-hydrogen) atoms. The van der Waals surface area contributed by atoms with Crippen LogP contribution in [0.3, 0.4) is 0 Å². The van der Waals surface area contributed by atoms with Gasteiger partial charge in [-0.15, -0.1) is 0 Å². The molecule has 0 radical (unpaired) electrons. The van der Waals surface area contributed by atoms with Crippen LogP contribution in [0.25, 0.3) is 27.8 Å². The van der Waals surface area contributed by atoms with Gasteiger partial charge in [-0.25, -0.2) is 4.52 Å². The highest BCUT2D eigenvalue weighted by Gasteiger charge is 2.32. The fraction of sp³-hybridized carbons (Fsp3) is 0.318. The number of benzene rings is 1. The van der Waals surface area contributed by atoms with Crippen LogP contribution in [0.5, 0.6) is 0 Å². The molecule has 1 aromatic carbocycles. The van der Waals surface area contributed by atoms with Gasteiger partial charge in [0, 0.05) is 24.9 Å². The van der Waals surface area contributed by atoms with E-state index in [0.29, 0.717) is 33.7 Å². The molecule has 0 N–H and O–H groups in total. The molecule has 1 aliphatic rings. The molecular formula is C22H19F3N4O. The Kier molecular flexibility index (Phi) is 4.20. The van der Waals surface area contributed by atoms with Crippen molar-refractivity contribution in [3.63, 3.8) is 0 Å². The molecule has 0 saturated heterocycles. The zero-order chi connectivity index (χ0) is 21.0. The van der Waals surface area contributed by atoms with Crippen LogP contribution in [-0.2, 0) is 13.2 Å². The largest absolute Gasteiger partial charge is 0.433 e. The van der Waals surface area contributed by atoms with Gasteiger partial charge in [-0.05, 0) is 48.6 Å². The maximum Gasteiger partial charge on any atom is 0.433 e. The molecule has 1 fully saturated rings. The molecule has 5 nitrogen and oxygen atoms in total. The summed E-state index contributed by atoms with van der Waals surface area (Å²) in [7, 11) is 1.64. The summed E-state index contributed by atoms with van der Waals surface area (Å²) in [5.74, 6) is 0.470. The summed E-state index contributed by atoms with van der Waals surface area (Å²) < 4.78 is 42.3. The predicted octanol–water partition coefficient (Wildman–Crippen LogP) is 4.92. The normalized spacial score (nSPS) is 15.5. The van der Waals surface area contributed by atoms with Crippen molar-refractivity contribution in [3.8, 4) is 11.3 Å². The SMILES string of the molecule is Cn1c(=O)c2ccc(C3CCCC3)cc2n2nc(-c3ccnc(C(F)(F)F)c3)cc12. The molecule has 0 unspecified atom stereocenters. The minimum atomic E-state index is -4.54. The first-order chi connectivity index (χ1) is 14.3. The highest BCUT2D eigenvalue weighted by molar-refractivity contribution is 5.82. The van der Waals surface area contributed by atoms with Gasteiger partial charge in [0.2, 0.25) is 0 Å². The number of fused-ring (bicyclic) bond motifs is 3. The maximum absolute atomic E-state index is 13.1. The summed E-state index contributed by atoms with van der Waals surface area (Å²) in [4.78, 5) is 16.3. The third-order valence-electron chi connectivity index (χ3n) is 5.99. The third-order valence-corrected chi connectivity index (χ3v) is 5.99. The number of pyridine rings is 1. The van der Waals surface area contributed by atoms with Gasteiger partial charge >= 0.3 is 6.18 Å². The summed E-state index contributed by atoms with van der Waals surface area (Å²) in [5.41, 5.74) is 1.90. The molecule has 5 rings (SSSR count). The highest BCUT2D eigenvalue weighted by atomic mass is 19.4. The number of alkyl halides is 3. The number of rotatable bonds is 2. The van der Waals surface area contributed by atoms with E-state index in [9.17, 15) is 18.0 Å². The third kappa shape index (κ3) is 2.98. The zero-order valence-corrected chi connectivity index (χ0v) is 16.3. The molecule has 3 heterocycles. The summed E-state index contributed by atoms with van der Waals surface area (Å²) in [6.07, 6.45) is 1.24. The molecular weight excluding hydrogens is 393 g/mol. The fourth-order valence-electron chi connectivity index (χ4n) is 4.38. The first-order valence-electron chi connectivity index (χ1n) is 9.89. The summed E-state index contributed by atoms with van der Waals surface area (Å²) >= 11 is 0.